The van der Waals surface area contributed by atoms with Gasteiger partial charge in [-0.05, 0) is 23.6 Å². The Kier molecular flexibility index (Phi) is 5.31. The van der Waals surface area contributed by atoms with E-state index in [4.69, 9.17) is 0 Å². The van der Waals surface area contributed by atoms with E-state index < -0.39 is 10.5 Å². The lowest BCUT2D eigenvalue weighted by Gasteiger charge is -2.33. The Balaban J connectivity index is 2.23. The SMILES string of the molecule is CCC(CO)(NCc1ccc(O)c([N+](=O)[O-])c1)c1ccccc1. The van der Waals surface area contributed by atoms with Crippen molar-refractivity contribution >= 4 is 5.69 Å². The average molecular weight is 316 g/mol. The average Bonchev–Trinajstić information content (AvgIpc) is 2.58. The van der Waals surface area contributed by atoms with E-state index in [1.165, 1.54) is 12.1 Å². The van der Waals surface area contributed by atoms with Crippen LogP contribution in [0, 0.1) is 10.1 Å². The molecule has 6 nitrogen and oxygen atoms in total. The molecule has 0 fully saturated rings. The van der Waals surface area contributed by atoms with Crippen molar-refractivity contribution in [3.8, 4) is 5.75 Å². The minimum absolute atomic E-state index is 0.0896. The normalized spacial score (nSPS) is 13.5. The van der Waals surface area contributed by atoms with Crippen LogP contribution in [-0.4, -0.2) is 21.7 Å². The van der Waals surface area contributed by atoms with E-state index in [1.807, 2.05) is 37.3 Å². The summed E-state index contributed by atoms with van der Waals surface area (Å²) in [5, 5.41) is 33.6. The summed E-state index contributed by atoms with van der Waals surface area (Å²) < 4.78 is 0. The number of nitro groups is 1. The molecule has 0 saturated carbocycles. The standard InChI is InChI=1S/C17H20N2O4/c1-2-17(12-20,14-6-4-3-5-7-14)18-11-13-8-9-16(21)15(10-13)19(22)23/h3-10,18,20-21H,2,11-12H2,1H3. The summed E-state index contributed by atoms with van der Waals surface area (Å²) >= 11 is 0. The zero-order chi connectivity index (χ0) is 16.9. The second-order valence-electron chi connectivity index (χ2n) is 5.39. The monoisotopic (exact) mass is 316 g/mol. The maximum atomic E-state index is 10.9. The van der Waals surface area contributed by atoms with E-state index in [0.717, 1.165) is 5.56 Å². The zero-order valence-corrected chi connectivity index (χ0v) is 12.9. The van der Waals surface area contributed by atoms with Crippen molar-refractivity contribution in [3.05, 3.63) is 69.8 Å². The predicted octanol–water partition coefficient (Wildman–Crippen LogP) is 2.69. The van der Waals surface area contributed by atoms with Gasteiger partial charge in [0.15, 0.2) is 5.75 Å². The first-order valence-electron chi connectivity index (χ1n) is 7.40. The van der Waals surface area contributed by atoms with Gasteiger partial charge in [-0.3, -0.25) is 10.1 Å². The van der Waals surface area contributed by atoms with Crippen LogP contribution in [0.5, 0.6) is 5.75 Å². The molecule has 0 amide bonds. The fraction of sp³-hybridized carbons (Fsp3) is 0.294. The van der Waals surface area contributed by atoms with Crippen molar-refractivity contribution in [2.75, 3.05) is 6.61 Å². The van der Waals surface area contributed by atoms with Crippen molar-refractivity contribution in [1.29, 1.82) is 0 Å². The van der Waals surface area contributed by atoms with Crippen LogP contribution < -0.4 is 5.32 Å². The van der Waals surface area contributed by atoms with Crippen LogP contribution in [0.4, 0.5) is 5.69 Å². The molecule has 23 heavy (non-hydrogen) atoms. The topological polar surface area (TPSA) is 95.6 Å². The van der Waals surface area contributed by atoms with Gasteiger partial charge >= 0.3 is 5.69 Å². The first kappa shape index (κ1) is 16.9. The number of nitrogens with one attached hydrogen (secondary N) is 1. The molecule has 6 heteroatoms. The zero-order valence-electron chi connectivity index (χ0n) is 12.9. The molecule has 1 unspecified atom stereocenters. The van der Waals surface area contributed by atoms with Gasteiger partial charge in [0.25, 0.3) is 0 Å². The number of aliphatic hydroxyl groups is 1. The highest BCUT2D eigenvalue weighted by Crippen LogP contribution is 2.28. The largest absolute Gasteiger partial charge is 0.502 e. The molecule has 0 saturated heterocycles. The Hall–Kier alpha value is -2.44. The Morgan fingerprint density at radius 3 is 2.48 bits per heavy atom. The quantitative estimate of drug-likeness (QED) is 0.539. The molecule has 0 heterocycles. The number of benzene rings is 2. The molecule has 2 aromatic carbocycles. The minimum atomic E-state index is -0.617. The lowest BCUT2D eigenvalue weighted by Crippen LogP contribution is -2.44. The van der Waals surface area contributed by atoms with E-state index >= 15 is 0 Å². The summed E-state index contributed by atoms with van der Waals surface area (Å²) in [5.41, 5.74) is 0.679. The molecule has 3 N–H and O–H groups in total. The predicted molar refractivity (Wildman–Crippen MR) is 87.1 cm³/mol. The highest BCUT2D eigenvalue weighted by Gasteiger charge is 2.29. The van der Waals surface area contributed by atoms with Gasteiger partial charge in [-0.15, -0.1) is 0 Å². The minimum Gasteiger partial charge on any atom is -0.502 e. The van der Waals surface area contributed by atoms with Gasteiger partial charge in [0, 0.05) is 12.6 Å². The van der Waals surface area contributed by atoms with Crippen LogP contribution in [-0.2, 0) is 12.1 Å². The van der Waals surface area contributed by atoms with E-state index in [9.17, 15) is 20.3 Å². The van der Waals surface area contributed by atoms with Gasteiger partial charge in [0.1, 0.15) is 0 Å². The first-order valence-corrected chi connectivity index (χ1v) is 7.40. The maximum Gasteiger partial charge on any atom is 0.311 e. The van der Waals surface area contributed by atoms with Crippen LogP contribution >= 0.6 is 0 Å². The Labute approximate surface area is 134 Å². The Morgan fingerprint density at radius 1 is 1.22 bits per heavy atom. The molecule has 0 aliphatic heterocycles. The summed E-state index contributed by atoms with van der Waals surface area (Å²) in [4.78, 5) is 10.3. The second-order valence-corrected chi connectivity index (χ2v) is 5.39. The fourth-order valence-electron chi connectivity index (χ4n) is 2.54. The summed E-state index contributed by atoms with van der Waals surface area (Å²) in [5.74, 6) is -0.356. The molecule has 0 spiro atoms. The number of nitro benzene ring substituents is 1. The van der Waals surface area contributed by atoms with Crippen molar-refractivity contribution < 1.29 is 15.1 Å². The lowest BCUT2D eigenvalue weighted by molar-refractivity contribution is -0.385. The number of phenols is 1. The second kappa shape index (κ2) is 7.21. The number of hydrogen-bond acceptors (Lipinski definition) is 5. The molecule has 1 atom stereocenters. The Bertz CT molecular complexity index is 670. The third kappa shape index (κ3) is 3.67. The van der Waals surface area contributed by atoms with Crippen molar-refractivity contribution in [3.63, 3.8) is 0 Å². The number of hydrogen-bond donors (Lipinski definition) is 3. The van der Waals surface area contributed by atoms with Gasteiger partial charge in [-0.25, -0.2) is 0 Å². The maximum absolute atomic E-state index is 10.9. The summed E-state index contributed by atoms with van der Waals surface area (Å²) in [6.45, 7) is 2.22. The molecule has 0 aromatic heterocycles. The smallest absolute Gasteiger partial charge is 0.311 e. The highest BCUT2D eigenvalue weighted by molar-refractivity contribution is 5.47. The molecule has 122 valence electrons. The van der Waals surface area contributed by atoms with E-state index in [-0.39, 0.29) is 18.0 Å². The molecule has 2 aromatic rings. The third-order valence-corrected chi connectivity index (χ3v) is 4.07. The van der Waals surface area contributed by atoms with Crippen molar-refractivity contribution in [2.45, 2.75) is 25.4 Å². The van der Waals surface area contributed by atoms with Crippen LogP contribution in [0.2, 0.25) is 0 Å². The van der Waals surface area contributed by atoms with Crippen LogP contribution in [0.15, 0.2) is 48.5 Å². The van der Waals surface area contributed by atoms with Crippen LogP contribution in [0.3, 0.4) is 0 Å². The fourth-order valence-corrected chi connectivity index (χ4v) is 2.54. The van der Waals surface area contributed by atoms with Crippen molar-refractivity contribution in [1.82, 2.24) is 5.32 Å². The number of nitrogens with zero attached hydrogens (tertiary/aromatic N) is 1. The summed E-state index contributed by atoms with van der Waals surface area (Å²) in [7, 11) is 0. The number of aromatic hydroxyl groups is 1. The highest BCUT2D eigenvalue weighted by atomic mass is 16.6. The molecule has 0 aliphatic rings. The molecular weight excluding hydrogens is 296 g/mol. The van der Waals surface area contributed by atoms with Gasteiger partial charge in [0.05, 0.1) is 17.1 Å². The molecule has 2 rings (SSSR count). The summed E-state index contributed by atoms with van der Waals surface area (Å²) in [6, 6.07) is 13.9. The molecular formula is C17H20N2O4. The number of rotatable bonds is 7. The summed E-state index contributed by atoms with van der Waals surface area (Å²) in [6.07, 6.45) is 0.660. The van der Waals surface area contributed by atoms with Gasteiger partial charge in [-0.1, -0.05) is 43.3 Å². The molecule has 0 aliphatic carbocycles. The van der Waals surface area contributed by atoms with Crippen molar-refractivity contribution in [2.24, 2.45) is 0 Å². The number of aliphatic hydroxyl groups excluding tert-OH is 1. The molecule has 0 radical (unpaired) electrons. The van der Waals surface area contributed by atoms with Gasteiger partial charge in [-0.2, -0.15) is 0 Å². The lowest BCUT2D eigenvalue weighted by atomic mass is 9.87. The van der Waals surface area contributed by atoms with Gasteiger partial charge < -0.3 is 15.5 Å². The Morgan fingerprint density at radius 2 is 1.91 bits per heavy atom. The first-order chi connectivity index (χ1) is 11.0. The van der Waals surface area contributed by atoms with E-state index in [2.05, 4.69) is 5.32 Å². The third-order valence-electron chi connectivity index (χ3n) is 4.07. The van der Waals surface area contributed by atoms with Crippen LogP contribution in [0.1, 0.15) is 24.5 Å². The van der Waals surface area contributed by atoms with E-state index in [1.54, 1.807) is 6.07 Å². The van der Waals surface area contributed by atoms with Crippen LogP contribution in [0.25, 0.3) is 0 Å². The number of phenolic OH excluding ortho intramolecular Hbond substituents is 1. The van der Waals surface area contributed by atoms with Gasteiger partial charge in [0.2, 0.25) is 0 Å². The van der Waals surface area contributed by atoms with E-state index in [0.29, 0.717) is 18.5 Å². The molecule has 0 bridgehead atoms.